The van der Waals surface area contributed by atoms with E-state index in [4.69, 9.17) is 14.2 Å². The first-order valence-corrected chi connectivity index (χ1v) is 17.6. The van der Waals surface area contributed by atoms with Crippen molar-refractivity contribution in [3.8, 4) is 0 Å². The third kappa shape index (κ3) is 5.40. The quantitative estimate of drug-likeness (QED) is 0.244. The van der Waals surface area contributed by atoms with Gasteiger partial charge in [-0.05, 0) is 61.4 Å². The van der Waals surface area contributed by atoms with Crippen LogP contribution in [0.2, 0.25) is 0 Å². The first-order valence-electron chi connectivity index (χ1n) is 15.2. The number of nitrogens with zero attached hydrogens (tertiary/aromatic N) is 3. The monoisotopic (exact) mass is 672 g/mol. The number of likely N-dealkylation sites (tertiary alicyclic amines) is 1. The van der Waals surface area contributed by atoms with E-state index in [0.29, 0.717) is 54.9 Å². The number of carbonyl (C=O) groups is 3. The molecule has 3 saturated heterocycles. The Morgan fingerprint density at radius 2 is 1.80 bits per heavy atom. The van der Waals surface area contributed by atoms with E-state index in [2.05, 4.69) is 10.3 Å². The molecule has 2 aromatic carbocycles. The van der Waals surface area contributed by atoms with E-state index in [1.54, 1.807) is 9.80 Å². The van der Waals surface area contributed by atoms with Gasteiger partial charge in [-0.15, -0.1) is 11.3 Å². The Morgan fingerprint density at radius 1 is 1.04 bits per heavy atom. The first-order chi connectivity index (χ1) is 21.9. The van der Waals surface area contributed by atoms with Crippen LogP contribution in [0, 0.1) is 0 Å². The van der Waals surface area contributed by atoms with Gasteiger partial charge < -0.3 is 29.3 Å². The van der Waals surface area contributed by atoms with Crippen molar-refractivity contribution < 1.29 is 41.9 Å². The highest BCUT2D eigenvalue weighted by Crippen LogP contribution is 2.59. The number of fused-ring (bicyclic) bond motifs is 3. The van der Waals surface area contributed by atoms with Crippen LogP contribution in [0.1, 0.15) is 65.6 Å². The van der Waals surface area contributed by atoms with E-state index in [0.717, 1.165) is 41.8 Å². The van der Waals surface area contributed by atoms with Crippen molar-refractivity contribution in [2.45, 2.75) is 68.2 Å². The Morgan fingerprint density at radius 3 is 2.57 bits per heavy atom. The number of alkyl halides is 2. The van der Waals surface area contributed by atoms with Crippen LogP contribution in [0.15, 0.2) is 52.9 Å². The van der Waals surface area contributed by atoms with E-state index >= 15 is 0 Å². The molecule has 11 nitrogen and oxygen atoms in total. The van der Waals surface area contributed by atoms with Crippen LogP contribution >= 0.6 is 18.9 Å². The van der Waals surface area contributed by atoms with Gasteiger partial charge in [0.2, 0.25) is 17.7 Å². The molecule has 3 aliphatic rings. The zero-order chi connectivity index (χ0) is 32.4. The molecule has 0 spiro atoms. The lowest BCUT2D eigenvalue weighted by Gasteiger charge is -2.42. The highest BCUT2D eigenvalue weighted by molar-refractivity contribution is 7.52. The van der Waals surface area contributed by atoms with E-state index in [1.165, 1.54) is 12.1 Å². The molecule has 3 aliphatic heterocycles. The maximum absolute atomic E-state index is 14.3. The highest BCUT2D eigenvalue weighted by Gasteiger charge is 2.51. The van der Waals surface area contributed by atoms with Gasteiger partial charge in [0, 0.05) is 29.4 Å². The lowest BCUT2D eigenvalue weighted by Crippen LogP contribution is -2.59. The van der Waals surface area contributed by atoms with E-state index in [9.17, 15) is 27.7 Å². The van der Waals surface area contributed by atoms with Crippen molar-refractivity contribution in [3.05, 3.63) is 64.9 Å². The number of oxazole rings is 1. The Bertz CT molecular complexity index is 1870. The van der Waals surface area contributed by atoms with Crippen molar-refractivity contribution in [2.24, 2.45) is 0 Å². The number of carbonyl (C=O) groups excluding carboxylic acids is 3. The molecule has 0 aliphatic carbocycles. The number of hydrogen-bond acceptors (Lipinski definition) is 7. The first kappa shape index (κ1) is 30.9. The molecule has 3 N–H and O–H groups in total. The Labute approximate surface area is 265 Å². The standard InChI is InChI=1S/C31H31F2N4O7PS/c32-31(33,45(41,42)43)19-9-12-25-17(13-19)14-26(46-25)27(38)34-22-7-2-1-5-20-10-11-23(37(20)29(22)39)30(40)36-15-18(16-36)28-35-21-6-3-4-8-24(21)44-28/h3-4,6,8-9,12-14,18,20,22-23H,1-2,5,7,10-11,15-16H2,(H,34,38)(H2,41,42,43)/t20-,22-,23-/m0/s1. The Kier molecular flexibility index (Phi) is 7.74. The number of benzene rings is 2. The molecule has 0 radical (unpaired) electrons. The van der Waals surface area contributed by atoms with Crippen LogP contribution in [0.4, 0.5) is 8.78 Å². The molecule has 46 heavy (non-hydrogen) atoms. The summed E-state index contributed by atoms with van der Waals surface area (Å²) in [6.45, 7) is 0.894. The number of hydrogen-bond donors (Lipinski definition) is 3. The molecule has 0 unspecified atom stereocenters. The predicted octanol–water partition coefficient (Wildman–Crippen LogP) is 4.93. The van der Waals surface area contributed by atoms with Gasteiger partial charge in [0.1, 0.15) is 17.6 Å². The average Bonchev–Trinajstić information content (AvgIpc) is 3.72. The smallest absolute Gasteiger partial charge is 0.399 e. The lowest BCUT2D eigenvalue weighted by atomic mass is 9.97. The summed E-state index contributed by atoms with van der Waals surface area (Å²) in [5, 5.41) is 3.04. The summed E-state index contributed by atoms with van der Waals surface area (Å²) in [6, 6.07) is 10.4. The van der Waals surface area contributed by atoms with Gasteiger partial charge in [0.25, 0.3) is 5.91 Å². The van der Waals surface area contributed by atoms with Gasteiger partial charge in [-0.2, -0.15) is 8.78 Å². The molecular formula is C31H31F2N4O7PS. The van der Waals surface area contributed by atoms with Crippen molar-refractivity contribution in [3.63, 3.8) is 0 Å². The third-order valence-electron chi connectivity index (χ3n) is 9.23. The normalized spacial score (nSPS) is 22.9. The number of rotatable bonds is 6. The lowest BCUT2D eigenvalue weighted by molar-refractivity contribution is -0.150. The average molecular weight is 673 g/mol. The number of halogens is 2. The summed E-state index contributed by atoms with van der Waals surface area (Å²) in [4.78, 5) is 67.3. The number of amides is 3. The second kappa shape index (κ2) is 11.5. The largest absolute Gasteiger partial charge is 0.440 e. The Hall–Kier alpha value is -3.71. The van der Waals surface area contributed by atoms with E-state index in [-0.39, 0.29) is 34.0 Å². The van der Waals surface area contributed by atoms with Gasteiger partial charge in [-0.1, -0.05) is 31.0 Å². The zero-order valence-corrected chi connectivity index (χ0v) is 26.2. The Balaban J connectivity index is 1.04. The van der Waals surface area contributed by atoms with Crippen molar-refractivity contribution in [1.29, 1.82) is 0 Å². The minimum Gasteiger partial charge on any atom is -0.440 e. The minimum absolute atomic E-state index is 0.0240. The fourth-order valence-corrected chi connectivity index (χ4v) is 8.16. The summed E-state index contributed by atoms with van der Waals surface area (Å²) in [5.41, 5.74) is -3.77. The molecule has 5 heterocycles. The second-order valence-corrected chi connectivity index (χ2v) is 14.9. The van der Waals surface area contributed by atoms with Crippen LogP contribution in [0.3, 0.4) is 0 Å². The van der Waals surface area contributed by atoms with Gasteiger partial charge in [0.05, 0.1) is 10.8 Å². The van der Waals surface area contributed by atoms with Crippen LogP contribution in [-0.4, -0.2) is 73.5 Å². The second-order valence-electron chi connectivity index (χ2n) is 12.2. The number of thiophene rings is 1. The molecule has 3 fully saturated rings. The maximum atomic E-state index is 14.3. The van der Waals surface area contributed by atoms with Gasteiger partial charge in [0.15, 0.2) is 5.58 Å². The molecule has 0 saturated carbocycles. The third-order valence-corrected chi connectivity index (χ3v) is 11.3. The highest BCUT2D eigenvalue weighted by atomic mass is 32.1. The van der Waals surface area contributed by atoms with Gasteiger partial charge >= 0.3 is 13.3 Å². The van der Waals surface area contributed by atoms with Crippen LogP contribution in [0.5, 0.6) is 0 Å². The molecule has 7 rings (SSSR count). The summed E-state index contributed by atoms with van der Waals surface area (Å²) in [5.74, 6) is -0.432. The van der Waals surface area contributed by atoms with Crippen LogP contribution in [-0.2, 0) is 19.8 Å². The fourth-order valence-electron chi connectivity index (χ4n) is 6.74. The van der Waals surface area contributed by atoms with Crippen LogP contribution in [0.25, 0.3) is 21.2 Å². The summed E-state index contributed by atoms with van der Waals surface area (Å²) in [7, 11) is -5.75. The number of para-hydroxylation sites is 2. The topological polar surface area (TPSA) is 153 Å². The number of aromatic nitrogens is 1. The molecule has 2 aromatic heterocycles. The molecule has 3 atom stereocenters. The van der Waals surface area contributed by atoms with Crippen molar-refractivity contribution in [2.75, 3.05) is 13.1 Å². The molecular weight excluding hydrogens is 641 g/mol. The molecule has 15 heteroatoms. The van der Waals surface area contributed by atoms with Crippen LogP contribution < -0.4 is 5.32 Å². The molecule has 242 valence electrons. The predicted molar refractivity (Wildman–Crippen MR) is 164 cm³/mol. The van der Waals surface area contributed by atoms with Gasteiger partial charge in [-0.25, -0.2) is 4.98 Å². The summed E-state index contributed by atoms with van der Waals surface area (Å²) in [6.07, 6.45) is 3.96. The molecule has 0 bridgehead atoms. The van der Waals surface area contributed by atoms with Crippen molar-refractivity contribution >= 4 is 57.8 Å². The van der Waals surface area contributed by atoms with E-state index < -0.39 is 36.8 Å². The molecule has 3 amide bonds. The van der Waals surface area contributed by atoms with E-state index in [1.807, 2.05) is 24.3 Å². The molecule has 4 aromatic rings. The maximum Gasteiger partial charge on any atom is 0.399 e. The minimum atomic E-state index is -5.75. The summed E-state index contributed by atoms with van der Waals surface area (Å²) >= 11 is 1.02. The van der Waals surface area contributed by atoms with Crippen molar-refractivity contribution in [1.82, 2.24) is 20.1 Å². The zero-order valence-electron chi connectivity index (χ0n) is 24.5. The SMILES string of the molecule is O=C(N[C@H]1CCCC[C@H]2CC[C@@H](C(=O)N3CC(c4nc5ccccc5o4)C3)N2C1=O)c1cc2cc(C(F)(F)P(=O)(O)O)ccc2s1. The van der Waals surface area contributed by atoms with Gasteiger partial charge in [-0.3, -0.25) is 18.9 Å². The fraction of sp³-hybridized carbons (Fsp3) is 0.419. The number of nitrogens with one attached hydrogen (secondary N) is 1. The summed E-state index contributed by atoms with van der Waals surface area (Å²) < 4.78 is 46.2.